The second-order valence-electron chi connectivity index (χ2n) is 9.09. The Morgan fingerprint density at radius 3 is 2.64 bits per heavy atom. The van der Waals surface area contributed by atoms with Gasteiger partial charge in [0.05, 0.1) is 11.8 Å². The van der Waals surface area contributed by atoms with Crippen molar-refractivity contribution in [3.05, 3.63) is 51.9 Å². The van der Waals surface area contributed by atoms with Crippen LogP contribution in [0.5, 0.6) is 0 Å². The van der Waals surface area contributed by atoms with Crippen molar-refractivity contribution in [3.8, 4) is 12.3 Å². The summed E-state index contributed by atoms with van der Waals surface area (Å²) in [6.07, 6.45) is 4.77. The minimum absolute atomic E-state index is 0.0830. The van der Waals surface area contributed by atoms with Gasteiger partial charge < -0.3 is 19.8 Å². The summed E-state index contributed by atoms with van der Waals surface area (Å²) in [5.41, 5.74) is 2.13. The highest BCUT2D eigenvalue weighted by Gasteiger charge is 2.43. The summed E-state index contributed by atoms with van der Waals surface area (Å²) in [5, 5.41) is 17.6. The van der Waals surface area contributed by atoms with Gasteiger partial charge in [0.1, 0.15) is 17.7 Å². The molecule has 0 spiro atoms. The van der Waals surface area contributed by atoms with Crippen molar-refractivity contribution in [2.75, 3.05) is 6.54 Å². The first-order valence-corrected chi connectivity index (χ1v) is 11.5. The SMILES string of the molecule is C#Cc1ccc(CNC(=O)[C@@H]2C[C@@H](O)CN2C(=O)[C@@H](c2cc(C(C)C)no2)C(C)C)c(Cl)c1. The van der Waals surface area contributed by atoms with Gasteiger partial charge >= 0.3 is 0 Å². The van der Waals surface area contributed by atoms with E-state index in [1.165, 1.54) is 4.90 Å². The lowest BCUT2D eigenvalue weighted by Gasteiger charge is -2.28. The van der Waals surface area contributed by atoms with Crippen LogP contribution in [-0.2, 0) is 16.1 Å². The molecule has 2 heterocycles. The molecule has 1 aromatic carbocycles. The summed E-state index contributed by atoms with van der Waals surface area (Å²) in [5.74, 6) is 1.86. The fraction of sp³-hybridized carbons (Fsp3) is 0.480. The van der Waals surface area contributed by atoms with Crippen molar-refractivity contribution < 1.29 is 19.2 Å². The molecule has 0 bridgehead atoms. The Bertz CT molecular complexity index is 1060. The highest BCUT2D eigenvalue weighted by Crippen LogP contribution is 2.32. The number of likely N-dealkylation sites (tertiary alicyclic amines) is 1. The van der Waals surface area contributed by atoms with Gasteiger partial charge in [0.25, 0.3) is 0 Å². The maximum absolute atomic E-state index is 13.5. The molecule has 2 aromatic rings. The van der Waals surface area contributed by atoms with Crippen LogP contribution in [0.2, 0.25) is 5.02 Å². The van der Waals surface area contributed by atoms with Crippen molar-refractivity contribution in [2.24, 2.45) is 5.92 Å². The van der Waals surface area contributed by atoms with Gasteiger partial charge in [-0.2, -0.15) is 0 Å². The van der Waals surface area contributed by atoms with Gasteiger partial charge in [-0.05, 0) is 29.5 Å². The Balaban J connectivity index is 1.76. The Kier molecular flexibility index (Phi) is 7.83. The van der Waals surface area contributed by atoms with E-state index in [9.17, 15) is 14.7 Å². The quantitative estimate of drug-likeness (QED) is 0.603. The molecule has 0 unspecified atom stereocenters. The number of benzene rings is 1. The van der Waals surface area contributed by atoms with E-state index < -0.39 is 18.1 Å². The third kappa shape index (κ3) is 5.58. The van der Waals surface area contributed by atoms with Crippen molar-refractivity contribution in [2.45, 2.75) is 64.6 Å². The van der Waals surface area contributed by atoms with E-state index in [-0.39, 0.29) is 43.2 Å². The molecule has 3 atom stereocenters. The molecular weight excluding hydrogens is 442 g/mol. The smallest absolute Gasteiger partial charge is 0.243 e. The maximum Gasteiger partial charge on any atom is 0.243 e. The number of rotatable bonds is 7. The molecule has 1 saturated heterocycles. The van der Waals surface area contributed by atoms with Crippen LogP contribution in [0.3, 0.4) is 0 Å². The molecule has 1 aliphatic heterocycles. The molecular formula is C25H30ClN3O4. The molecule has 176 valence electrons. The van der Waals surface area contributed by atoms with Gasteiger partial charge in [-0.1, -0.05) is 56.4 Å². The van der Waals surface area contributed by atoms with E-state index in [1.54, 1.807) is 24.3 Å². The molecule has 8 heteroatoms. The van der Waals surface area contributed by atoms with Gasteiger partial charge in [-0.15, -0.1) is 6.42 Å². The molecule has 3 rings (SSSR count). The molecule has 1 aliphatic rings. The van der Waals surface area contributed by atoms with Crippen LogP contribution in [0.15, 0.2) is 28.8 Å². The number of nitrogens with zero attached hydrogens (tertiary/aromatic N) is 2. The maximum atomic E-state index is 13.5. The van der Waals surface area contributed by atoms with E-state index >= 15 is 0 Å². The molecule has 33 heavy (non-hydrogen) atoms. The first kappa shape index (κ1) is 24.8. The Morgan fingerprint density at radius 1 is 1.33 bits per heavy atom. The van der Waals surface area contributed by atoms with Gasteiger partial charge in [0.15, 0.2) is 0 Å². The largest absolute Gasteiger partial charge is 0.391 e. The van der Waals surface area contributed by atoms with Gasteiger partial charge in [0, 0.05) is 36.2 Å². The second kappa shape index (κ2) is 10.4. The average molecular weight is 472 g/mol. The predicted octanol–water partition coefficient (Wildman–Crippen LogP) is 3.45. The van der Waals surface area contributed by atoms with Gasteiger partial charge in [0.2, 0.25) is 11.8 Å². The topological polar surface area (TPSA) is 95.7 Å². The van der Waals surface area contributed by atoms with E-state index in [4.69, 9.17) is 22.5 Å². The lowest BCUT2D eigenvalue weighted by atomic mass is 9.90. The number of β-amino-alcohol motifs (C(OH)–C–C–N with tert-alkyl or cyclic N) is 1. The Labute approximate surface area is 199 Å². The summed E-state index contributed by atoms with van der Waals surface area (Å²) < 4.78 is 5.50. The minimum atomic E-state index is -0.787. The number of aromatic nitrogens is 1. The van der Waals surface area contributed by atoms with Crippen molar-refractivity contribution in [3.63, 3.8) is 0 Å². The summed E-state index contributed by atoms with van der Waals surface area (Å²) in [7, 11) is 0. The summed E-state index contributed by atoms with van der Waals surface area (Å²) in [4.78, 5) is 28.0. The number of terminal acetylenes is 1. The van der Waals surface area contributed by atoms with Crippen LogP contribution in [0.4, 0.5) is 0 Å². The normalized spacial score (nSPS) is 19.1. The number of aliphatic hydroxyl groups is 1. The minimum Gasteiger partial charge on any atom is -0.391 e. The average Bonchev–Trinajstić information content (AvgIpc) is 3.39. The monoisotopic (exact) mass is 471 g/mol. The zero-order valence-electron chi connectivity index (χ0n) is 19.3. The third-order valence-corrected chi connectivity index (χ3v) is 6.27. The Morgan fingerprint density at radius 2 is 2.06 bits per heavy atom. The van der Waals surface area contributed by atoms with Crippen LogP contribution in [0, 0.1) is 18.3 Å². The molecule has 0 saturated carbocycles. The predicted molar refractivity (Wildman–Crippen MR) is 126 cm³/mol. The van der Waals surface area contributed by atoms with E-state index in [1.807, 2.05) is 27.7 Å². The molecule has 2 amide bonds. The number of halogens is 1. The molecule has 1 fully saturated rings. The van der Waals surface area contributed by atoms with Gasteiger partial charge in [-0.25, -0.2) is 0 Å². The van der Waals surface area contributed by atoms with E-state index in [2.05, 4.69) is 16.4 Å². The highest BCUT2D eigenvalue weighted by molar-refractivity contribution is 6.31. The first-order valence-electron chi connectivity index (χ1n) is 11.1. The molecule has 1 aromatic heterocycles. The number of carbonyl (C=O) groups is 2. The van der Waals surface area contributed by atoms with E-state index in [0.717, 1.165) is 5.69 Å². The zero-order chi connectivity index (χ0) is 24.3. The van der Waals surface area contributed by atoms with Crippen molar-refractivity contribution >= 4 is 23.4 Å². The van der Waals surface area contributed by atoms with E-state index in [0.29, 0.717) is 21.9 Å². The second-order valence-corrected chi connectivity index (χ2v) is 9.50. The van der Waals surface area contributed by atoms with Crippen LogP contribution >= 0.6 is 11.6 Å². The molecule has 0 radical (unpaired) electrons. The number of aliphatic hydroxyl groups excluding tert-OH is 1. The Hall–Kier alpha value is -2.82. The van der Waals surface area contributed by atoms with Crippen LogP contribution in [0.1, 0.15) is 68.5 Å². The highest BCUT2D eigenvalue weighted by atomic mass is 35.5. The molecule has 7 nitrogen and oxygen atoms in total. The third-order valence-electron chi connectivity index (χ3n) is 5.91. The fourth-order valence-electron chi connectivity index (χ4n) is 4.02. The fourth-order valence-corrected chi connectivity index (χ4v) is 4.27. The summed E-state index contributed by atoms with van der Waals surface area (Å²) >= 11 is 6.25. The number of carbonyl (C=O) groups excluding carboxylic acids is 2. The van der Waals surface area contributed by atoms with Crippen molar-refractivity contribution in [1.29, 1.82) is 0 Å². The number of nitrogens with one attached hydrogen (secondary N) is 1. The molecule has 2 N–H and O–H groups in total. The summed E-state index contributed by atoms with van der Waals surface area (Å²) in [6.45, 7) is 8.11. The van der Waals surface area contributed by atoms with Crippen LogP contribution < -0.4 is 5.32 Å². The number of amides is 2. The zero-order valence-corrected chi connectivity index (χ0v) is 20.1. The first-order chi connectivity index (χ1) is 15.6. The lowest BCUT2D eigenvalue weighted by Crippen LogP contribution is -2.48. The van der Waals surface area contributed by atoms with Crippen LogP contribution in [-0.4, -0.2) is 45.7 Å². The van der Waals surface area contributed by atoms with Crippen LogP contribution in [0.25, 0.3) is 0 Å². The van der Waals surface area contributed by atoms with Gasteiger partial charge in [-0.3, -0.25) is 9.59 Å². The standard InChI is InChI=1S/C25H30ClN3O4/c1-6-16-7-8-17(19(26)9-16)12-27-24(31)21-10-18(30)13-29(21)25(32)23(15(4)5)22-11-20(14(2)3)28-33-22/h1,7-9,11,14-15,18,21,23,30H,10,12-13H2,2-5H3,(H,27,31)/t18-,21+,23-/m1/s1. The number of hydrogen-bond acceptors (Lipinski definition) is 5. The molecule has 0 aliphatic carbocycles. The lowest BCUT2D eigenvalue weighted by molar-refractivity contribution is -0.141. The number of hydrogen-bond donors (Lipinski definition) is 2. The van der Waals surface area contributed by atoms with Crippen molar-refractivity contribution in [1.82, 2.24) is 15.4 Å². The summed E-state index contributed by atoms with van der Waals surface area (Å²) in [6, 6.07) is 6.18.